The third-order valence-electron chi connectivity index (χ3n) is 4.35. The molecule has 0 atom stereocenters. The van der Waals surface area contributed by atoms with Gasteiger partial charge in [-0.3, -0.25) is 4.98 Å². The van der Waals surface area contributed by atoms with E-state index in [1.807, 2.05) is 12.3 Å². The third-order valence-corrected chi connectivity index (χ3v) is 4.35. The van der Waals surface area contributed by atoms with Crippen molar-refractivity contribution in [2.45, 2.75) is 92.9 Å². The van der Waals surface area contributed by atoms with Gasteiger partial charge < -0.3 is 0 Å². The number of nitrogens with zero attached hydrogens (tertiary/aromatic N) is 1. The van der Waals surface area contributed by atoms with Crippen molar-refractivity contribution in [1.82, 2.24) is 4.98 Å². The van der Waals surface area contributed by atoms with Gasteiger partial charge in [0.15, 0.2) is 0 Å². The fourth-order valence-electron chi connectivity index (χ4n) is 3.21. The van der Waals surface area contributed by atoms with Crippen LogP contribution in [0, 0.1) is 11.8 Å². The van der Waals surface area contributed by atoms with Crippen LogP contribution in [-0.4, -0.2) is 4.98 Å². The lowest BCUT2D eigenvalue weighted by atomic mass is 9.92. The van der Waals surface area contributed by atoms with E-state index in [9.17, 15) is 0 Å². The summed E-state index contributed by atoms with van der Waals surface area (Å²) in [6.07, 6.45) is 12.4. The zero-order chi connectivity index (χ0) is 20.8. The van der Waals surface area contributed by atoms with Crippen LogP contribution >= 0.6 is 0 Å². The molecule has 0 unspecified atom stereocenters. The number of hydrogen-bond acceptors (Lipinski definition) is 1. The molecule has 0 N–H and O–H groups in total. The fourth-order valence-corrected chi connectivity index (χ4v) is 3.21. The highest BCUT2D eigenvalue weighted by Crippen LogP contribution is 2.20. The first kappa shape index (κ1) is 24.4. The van der Waals surface area contributed by atoms with Gasteiger partial charge in [-0.15, -0.1) is 0 Å². The summed E-state index contributed by atoms with van der Waals surface area (Å²) in [4.78, 5) is 4.32. The molecule has 2 aliphatic rings. The maximum atomic E-state index is 4.32. The molecule has 0 bridgehead atoms. The van der Waals surface area contributed by atoms with Gasteiger partial charge in [0.25, 0.3) is 0 Å². The number of pyridine rings is 1. The van der Waals surface area contributed by atoms with Crippen LogP contribution in [0.2, 0.25) is 0 Å². The summed E-state index contributed by atoms with van der Waals surface area (Å²) in [6, 6.07) is 13.0. The van der Waals surface area contributed by atoms with Gasteiger partial charge in [0.1, 0.15) is 0 Å². The lowest BCUT2D eigenvalue weighted by molar-refractivity contribution is 0.668. The topological polar surface area (TPSA) is 12.9 Å². The second-order valence-corrected chi connectivity index (χ2v) is 9.26. The molecule has 28 heavy (non-hydrogen) atoms. The third kappa shape index (κ3) is 11.3. The van der Waals surface area contributed by atoms with Gasteiger partial charge in [-0.05, 0) is 86.0 Å². The summed E-state index contributed by atoms with van der Waals surface area (Å²) in [6.45, 7) is 13.0. The summed E-state index contributed by atoms with van der Waals surface area (Å²) in [5.74, 6) is 1.67. The van der Waals surface area contributed by atoms with E-state index in [0.29, 0.717) is 0 Å². The maximum Gasteiger partial charge on any atom is 0.0435 e. The second-order valence-electron chi connectivity index (χ2n) is 9.26. The molecule has 4 rings (SSSR count). The summed E-state index contributed by atoms with van der Waals surface area (Å²) in [5.41, 5.74) is 5.95. The molecule has 0 radical (unpaired) electrons. The van der Waals surface area contributed by atoms with Gasteiger partial charge in [0.05, 0.1) is 0 Å². The maximum absolute atomic E-state index is 4.32. The van der Waals surface area contributed by atoms with E-state index >= 15 is 0 Å². The Balaban J connectivity index is 0.000000206. The van der Waals surface area contributed by atoms with Crippen LogP contribution in [0.4, 0.5) is 0 Å². The Morgan fingerprint density at radius 2 is 0.964 bits per heavy atom. The first-order valence-electron chi connectivity index (χ1n) is 11.4. The summed E-state index contributed by atoms with van der Waals surface area (Å²) in [5, 5.41) is 0. The minimum atomic E-state index is 0.833. The van der Waals surface area contributed by atoms with Crippen LogP contribution in [0.1, 0.15) is 89.6 Å². The average molecular weight is 382 g/mol. The zero-order valence-electron chi connectivity index (χ0n) is 19.3. The van der Waals surface area contributed by atoms with Crippen molar-refractivity contribution in [3.63, 3.8) is 0 Å². The number of rotatable bonds is 0. The molecule has 1 heterocycles. The van der Waals surface area contributed by atoms with E-state index in [-0.39, 0.29) is 0 Å². The predicted octanol–water partition coefficient (Wildman–Crippen LogP) is 7.85. The second kappa shape index (κ2) is 14.4. The average Bonchev–Trinajstić information content (AvgIpc) is 2.68. The quantitative estimate of drug-likeness (QED) is 0.452. The Bertz CT molecular complexity index is 529. The largest absolute Gasteiger partial charge is 0.261 e. The van der Waals surface area contributed by atoms with Crippen LogP contribution < -0.4 is 0 Å². The molecule has 1 aromatic carbocycles. The number of fused-ring (bicyclic) bond motifs is 2. The fraction of sp³-hybridized carbons (Fsp3) is 0.593. The number of aromatic nitrogens is 1. The highest BCUT2D eigenvalue weighted by atomic mass is 14.7. The van der Waals surface area contributed by atoms with Crippen LogP contribution in [-0.2, 0) is 25.7 Å². The number of aryl methyl sites for hydroxylation is 4. The summed E-state index contributed by atoms with van der Waals surface area (Å²) < 4.78 is 0. The zero-order valence-corrected chi connectivity index (χ0v) is 19.3. The molecule has 1 heteroatoms. The van der Waals surface area contributed by atoms with Crippen LogP contribution in [0.3, 0.4) is 0 Å². The first-order valence-corrected chi connectivity index (χ1v) is 11.4. The number of benzene rings is 1. The van der Waals surface area contributed by atoms with Crippen molar-refractivity contribution >= 4 is 0 Å². The minimum Gasteiger partial charge on any atom is -0.261 e. The van der Waals surface area contributed by atoms with Crippen LogP contribution in [0.15, 0.2) is 42.6 Å². The smallest absolute Gasteiger partial charge is 0.0435 e. The van der Waals surface area contributed by atoms with Crippen molar-refractivity contribution in [2.75, 3.05) is 0 Å². The van der Waals surface area contributed by atoms with Gasteiger partial charge in [-0.1, -0.05) is 71.9 Å². The van der Waals surface area contributed by atoms with E-state index in [2.05, 4.69) is 76.9 Å². The van der Waals surface area contributed by atoms with Crippen LogP contribution in [0.5, 0.6) is 0 Å². The van der Waals surface area contributed by atoms with E-state index in [1.54, 1.807) is 11.1 Å². The Morgan fingerprint density at radius 1 is 0.571 bits per heavy atom. The van der Waals surface area contributed by atoms with Crippen molar-refractivity contribution in [3.8, 4) is 0 Å². The van der Waals surface area contributed by atoms with Crippen molar-refractivity contribution in [2.24, 2.45) is 11.8 Å². The van der Waals surface area contributed by atoms with Gasteiger partial charge in [-0.2, -0.15) is 0 Å². The molecular weight excluding hydrogens is 338 g/mol. The molecule has 0 spiro atoms. The molecular formula is C27H43N. The molecule has 2 aliphatic carbocycles. The molecule has 156 valence electrons. The lowest BCUT2D eigenvalue weighted by Crippen LogP contribution is -2.03. The number of hydrogen-bond donors (Lipinski definition) is 0. The Kier molecular flexibility index (Phi) is 12.5. The highest BCUT2D eigenvalue weighted by Gasteiger charge is 2.07. The summed E-state index contributed by atoms with van der Waals surface area (Å²) >= 11 is 0. The Morgan fingerprint density at radius 3 is 1.43 bits per heavy atom. The molecule has 0 fully saturated rings. The van der Waals surface area contributed by atoms with Crippen molar-refractivity contribution < 1.29 is 0 Å². The summed E-state index contributed by atoms with van der Waals surface area (Å²) in [7, 11) is 0. The molecule has 0 saturated heterocycles. The van der Waals surface area contributed by atoms with Gasteiger partial charge in [0, 0.05) is 11.9 Å². The Hall–Kier alpha value is -1.63. The molecule has 0 amide bonds. The van der Waals surface area contributed by atoms with Crippen molar-refractivity contribution in [3.05, 3.63) is 65.0 Å². The van der Waals surface area contributed by atoms with Gasteiger partial charge >= 0.3 is 0 Å². The predicted molar refractivity (Wildman–Crippen MR) is 125 cm³/mol. The minimum absolute atomic E-state index is 0.833. The molecule has 1 aromatic heterocycles. The molecule has 2 aromatic rings. The Labute approximate surface area is 175 Å². The highest BCUT2D eigenvalue weighted by molar-refractivity contribution is 5.28. The standard InChI is InChI=1S/C10H12.C9H11N.2C4H10/c1-2-6-10-8-4-3-7-9(10)5-1;1-2-6-9-8(4-1)5-3-7-10-9;2*1-4(2)3/h1-2,5-6H,3-4,7-8H2;3,5,7H,1-2,4,6H2;2*4H,1-3H3. The van der Waals surface area contributed by atoms with Crippen LogP contribution in [0.25, 0.3) is 0 Å². The van der Waals surface area contributed by atoms with Crippen molar-refractivity contribution in [1.29, 1.82) is 0 Å². The van der Waals surface area contributed by atoms with Gasteiger partial charge in [0.2, 0.25) is 0 Å². The van der Waals surface area contributed by atoms with E-state index in [4.69, 9.17) is 0 Å². The van der Waals surface area contributed by atoms with E-state index in [0.717, 1.165) is 11.8 Å². The monoisotopic (exact) mass is 381 g/mol. The normalized spacial score (nSPS) is 14.3. The molecule has 0 saturated carbocycles. The first-order chi connectivity index (χ1) is 13.4. The molecule has 0 aliphatic heterocycles. The van der Waals surface area contributed by atoms with E-state index < -0.39 is 0 Å². The van der Waals surface area contributed by atoms with E-state index in [1.165, 1.54) is 62.6 Å². The van der Waals surface area contributed by atoms with Gasteiger partial charge in [-0.25, -0.2) is 0 Å². The lowest BCUT2D eigenvalue weighted by Gasteiger charge is -2.13. The molecule has 1 nitrogen and oxygen atoms in total. The SMILES string of the molecule is CC(C)C.CC(C)C.c1ccc2c(c1)CCCC2.c1cnc2c(c1)CCCC2.